The van der Waals surface area contributed by atoms with Gasteiger partial charge in [0.2, 0.25) is 0 Å². The van der Waals surface area contributed by atoms with Crippen LogP contribution in [0.15, 0.2) is 122 Å². The summed E-state index contributed by atoms with van der Waals surface area (Å²) in [7, 11) is 5.97. The lowest BCUT2D eigenvalue weighted by molar-refractivity contribution is -0.870. The van der Waals surface area contributed by atoms with Crippen LogP contribution in [-0.4, -0.2) is 87.4 Å². The first-order chi connectivity index (χ1) is 40.6. The van der Waals surface area contributed by atoms with Crippen molar-refractivity contribution in [2.45, 2.75) is 283 Å². The molecule has 0 aliphatic heterocycles. The summed E-state index contributed by atoms with van der Waals surface area (Å²) in [6.45, 7) is 4.66. The summed E-state index contributed by atoms with van der Waals surface area (Å²) in [5.41, 5.74) is 0. The Morgan fingerprint density at radius 1 is 0.361 bits per heavy atom. The smallest absolute Gasteiger partial charge is 0.361 e. The van der Waals surface area contributed by atoms with Gasteiger partial charge < -0.3 is 28.5 Å². The Labute approximate surface area is 510 Å². The van der Waals surface area contributed by atoms with E-state index in [0.29, 0.717) is 23.9 Å². The van der Waals surface area contributed by atoms with Crippen LogP contribution in [0.3, 0.4) is 0 Å². The van der Waals surface area contributed by atoms with Gasteiger partial charge in [-0.2, -0.15) is 0 Å². The second kappa shape index (κ2) is 63.7. The fraction of sp³-hybridized carbons (Fsp3) is 0.689. The van der Waals surface area contributed by atoms with Crippen LogP contribution in [0.25, 0.3) is 0 Å². The molecule has 0 bridgehead atoms. The number of nitrogens with zero attached hydrogens (tertiary/aromatic N) is 1. The quantitative estimate of drug-likeness (QED) is 0.0211. The summed E-state index contributed by atoms with van der Waals surface area (Å²) in [6.07, 6.45) is 87.2. The van der Waals surface area contributed by atoms with E-state index >= 15 is 0 Å². The Hall–Kier alpha value is -4.31. The lowest BCUT2D eigenvalue weighted by Gasteiger charge is -2.25. The predicted octanol–water partition coefficient (Wildman–Crippen LogP) is 20.8. The lowest BCUT2D eigenvalue weighted by Crippen LogP contribution is -2.40. The summed E-state index contributed by atoms with van der Waals surface area (Å²) in [4.78, 5) is 37.6. The van der Waals surface area contributed by atoms with Crippen LogP contribution in [0.2, 0.25) is 0 Å². The molecule has 0 saturated carbocycles. The standard InChI is InChI=1S/C74H125NO8/c1-6-8-10-12-14-16-18-20-22-24-26-28-30-32-34-35-36-37-39-41-43-45-47-49-51-53-55-57-59-61-63-65-72(77)83-70(69-82-74(73(78)79)80-67-66-75(3,4)5)68-81-71(76)64-62-60-58-56-54-52-50-48-46-44-42-40-38-33-31-29-27-25-23-21-19-17-15-13-11-9-7-2/h8-11,14-17,20-23,26-29,32-34,38,70,74H,6-7,12-13,18-19,24-25,30-31,35-37,39-69H2,1-5H3/p+1/b10-8-,11-9-,16-14-,17-15-,22-20-,23-21-,28-26-,29-27-,34-32-,38-33-. The van der Waals surface area contributed by atoms with Gasteiger partial charge in [-0.05, 0) is 103 Å². The molecular weight excluding hydrogens is 1030 g/mol. The van der Waals surface area contributed by atoms with Crippen LogP contribution >= 0.6 is 0 Å². The molecule has 0 rings (SSSR count). The molecule has 0 aromatic rings. The van der Waals surface area contributed by atoms with Crippen LogP contribution in [0, 0.1) is 0 Å². The van der Waals surface area contributed by atoms with E-state index in [4.69, 9.17) is 18.9 Å². The molecule has 2 unspecified atom stereocenters. The number of aliphatic carboxylic acids is 1. The number of hydrogen-bond acceptors (Lipinski definition) is 7. The summed E-state index contributed by atoms with van der Waals surface area (Å²) < 4.78 is 23.0. The number of likely N-dealkylation sites (N-methyl/N-ethyl adjacent to an activating group) is 1. The van der Waals surface area contributed by atoms with Crippen molar-refractivity contribution in [2.75, 3.05) is 47.5 Å². The average molecular weight is 1160 g/mol. The van der Waals surface area contributed by atoms with Crippen molar-refractivity contribution < 1.29 is 42.9 Å². The highest BCUT2D eigenvalue weighted by molar-refractivity contribution is 5.71. The number of carbonyl (C=O) groups excluding carboxylic acids is 2. The van der Waals surface area contributed by atoms with E-state index in [0.717, 1.165) is 96.3 Å². The summed E-state index contributed by atoms with van der Waals surface area (Å²) >= 11 is 0. The van der Waals surface area contributed by atoms with Gasteiger partial charge in [0.05, 0.1) is 34.4 Å². The molecule has 9 nitrogen and oxygen atoms in total. The largest absolute Gasteiger partial charge is 0.477 e. The molecule has 0 amide bonds. The zero-order valence-corrected chi connectivity index (χ0v) is 54.1. The van der Waals surface area contributed by atoms with Crippen LogP contribution in [0.4, 0.5) is 0 Å². The molecule has 0 aliphatic rings. The monoisotopic (exact) mass is 1160 g/mol. The highest BCUT2D eigenvalue weighted by Crippen LogP contribution is 2.17. The molecule has 0 radical (unpaired) electrons. The first kappa shape index (κ1) is 78.7. The average Bonchev–Trinajstić information content (AvgIpc) is 3.46. The van der Waals surface area contributed by atoms with Gasteiger partial charge in [0.25, 0.3) is 6.29 Å². The number of unbranched alkanes of at least 4 members (excludes halogenated alkanes) is 26. The molecular formula is C74H126NO8+. The molecule has 1 N–H and O–H groups in total. The second-order valence-electron chi connectivity index (χ2n) is 23.4. The maximum absolute atomic E-state index is 12.9. The number of carboxylic acid groups (broad SMARTS) is 1. The minimum Gasteiger partial charge on any atom is -0.477 e. The minimum atomic E-state index is -1.52. The fourth-order valence-electron chi connectivity index (χ4n) is 9.13. The third kappa shape index (κ3) is 65.1. The first-order valence-corrected chi connectivity index (χ1v) is 33.7. The number of quaternary nitrogens is 1. The van der Waals surface area contributed by atoms with E-state index in [2.05, 4.69) is 135 Å². The van der Waals surface area contributed by atoms with Crippen molar-refractivity contribution in [3.05, 3.63) is 122 Å². The minimum absolute atomic E-state index is 0.183. The van der Waals surface area contributed by atoms with Crippen molar-refractivity contribution in [1.29, 1.82) is 0 Å². The Kier molecular flexibility index (Phi) is 60.4. The molecule has 0 spiro atoms. The molecule has 0 saturated heterocycles. The third-order valence-corrected chi connectivity index (χ3v) is 14.2. The third-order valence-electron chi connectivity index (χ3n) is 14.2. The first-order valence-electron chi connectivity index (χ1n) is 33.7. The van der Waals surface area contributed by atoms with Crippen molar-refractivity contribution in [1.82, 2.24) is 0 Å². The lowest BCUT2D eigenvalue weighted by atomic mass is 10.0. The van der Waals surface area contributed by atoms with Gasteiger partial charge in [-0.1, -0.05) is 277 Å². The van der Waals surface area contributed by atoms with Crippen molar-refractivity contribution in [2.24, 2.45) is 0 Å². The molecule has 0 heterocycles. The van der Waals surface area contributed by atoms with Gasteiger partial charge in [0, 0.05) is 12.8 Å². The van der Waals surface area contributed by atoms with Gasteiger partial charge in [0.1, 0.15) is 13.2 Å². The van der Waals surface area contributed by atoms with Crippen LogP contribution in [0.1, 0.15) is 271 Å². The van der Waals surface area contributed by atoms with E-state index in [1.54, 1.807) is 0 Å². The van der Waals surface area contributed by atoms with Gasteiger partial charge in [-0.25, -0.2) is 4.79 Å². The zero-order valence-electron chi connectivity index (χ0n) is 54.1. The second-order valence-corrected chi connectivity index (χ2v) is 23.4. The highest BCUT2D eigenvalue weighted by Gasteiger charge is 2.25. The van der Waals surface area contributed by atoms with Crippen molar-refractivity contribution >= 4 is 17.9 Å². The Morgan fingerprint density at radius 2 is 0.651 bits per heavy atom. The van der Waals surface area contributed by atoms with Crippen molar-refractivity contribution in [3.63, 3.8) is 0 Å². The molecule has 0 fully saturated rings. The zero-order chi connectivity index (χ0) is 60.5. The Balaban J connectivity index is 4.16. The number of allylic oxidation sites excluding steroid dienone is 20. The topological polar surface area (TPSA) is 108 Å². The van der Waals surface area contributed by atoms with E-state index in [1.165, 1.54) is 141 Å². The summed E-state index contributed by atoms with van der Waals surface area (Å²) in [5, 5.41) is 9.74. The number of rotatable bonds is 61. The molecule has 9 heteroatoms. The van der Waals surface area contributed by atoms with Crippen LogP contribution < -0.4 is 0 Å². The van der Waals surface area contributed by atoms with E-state index in [1.807, 2.05) is 21.1 Å². The van der Waals surface area contributed by atoms with Gasteiger partial charge >= 0.3 is 17.9 Å². The number of esters is 2. The maximum Gasteiger partial charge on any atom is 0.361 e. The Morgan fingerprint density at radius 3 is 0.964 bits per heavy atom. The molecule has 2 atom stereocenters. The fourth-order valence-corrected chi connectivity index (χ4v) is 9.13. The van der Waals surface area contributed by atoms with E-state index < -0.39 is 24.3 Å². The van der Waals surface area contributed by atoms with E-state index in [9.17, 15) is 19.5 Å². The normalized spacial score (nSPS) is 13.5. The van der Waals surface area contributed by atoms with Crippen LogP contribution in [-0.2, 0) is 33.3 Å². The molecule has 0 aromatic heterocycles. The summed E-state index contributed by atoms with van der Waals surface area (Å²) in [5.74, 6) is -2.01. The van der Waals surface area contributed by atoms with E-state index in [-0.39, 0.29) is 32.2 Å². The van der Waals surface area contributed by atoms with Gasteiger partial charge in [0.15, 0.2) is 6.10 Å². The molecule has 0 aromatic carbocycles. The molecule has 474 valence electrons. The predicted molar refractivity (Wildman–Crippen MR) is 354 cm³/mol. The number of ether oxygens (including phenoxy) is 4. The van der Waals surface area contributed by atoms with Crippen molar-refractivity contribution in [3.8, 4) is 0 Å². The molecule has 83 heavy (non-hydrogen) atoms. The Bertz CT molecular complexity index is 1780. The van der Waals surface area contributed by atoms with Gasteiger partial charge in [-0.3, -0.25) is 9.59 Å². The summed E-state index contributed by atoms with van der Waals surface area (Å²) in [6, 6.07) is 0. The number of carbonyl (C=O) groups is 3. The van der Waals surface area contributed by atoms with Crippen LogP contribution in [0.5, 0.6) is 0 Å². The highest BCUT2D eigenvalue weighted by atomic mass is 16.7. The maximum atomic E-state index is 12.9. The number of hydrogen-bond donors (Lipinski definition) is 1. The molecule has 0 aliphatic carbocycles. The van der Waals surface area contributed by atoms with Gasteiger partial charge in [-0.15, -0.1) is 0 Å². The SMILES string of the molecule is CC/C=C\C/C=C\C/C=C\C/C=C\C/C=C\CCCCCCCCCCCCCCCCCC(=O)OC(COC(=O)CCCCCCCCCCCCC/C=C\C/C=C\C/C=C\C/C=C\C/C=C\CC)COC(OCC[N+](C)(C)C)C(=O)O. The number of carboxylic acids is 1.